The van der Waals surface area contributed by atoms with Gasteiger partial charge in [0.1, 0.15) is 0 Å². The first kappa shape index (κ1) is 19.0. The predicted octanol–water partition coefficient (Wildman–Crippen LogP) is 5.07. The Morgan fingerprint density at radius 1 is 0.844 bits per heavy atom. The summed E-state index contributed by atoms with van der Waals surface area (Å²) in [6, 6.07) is 17.2. The van der Waals surface area contributed by atoms with Crippen molar-refractivity contribution in [3.63, 3.8) is 0 Å². The van der Waals surface area contributed by atoms with Crippen LogP contribution in [-0.2, 0) is 13.0 Å². The molecule has 3 aromatic carbocycles. The van der Waals surface area contributed by atoms with Crippen LogP contribution in [0.5, 0.6) is 23.0 Å². The summed E-state index contributed by atoms with van der Waals surface area (Å²) in [5.74, 6) is 3.13. The summed E-state index contributed by atoms with van der Waals surface area (Å²) < 4.78 is 25.1. The maximum absolute atomic E-state index is 5.81. The second kappa shape index (κ2) is 7.16. The maximum Gasteiger partial charge on any atom is 0.231 e. The molecular formula is C27H24NO4+. The highest BCUT2D eigenvalue weighted by molar-refractivity contribution is 6.02. The Bertz CT molecular complexity index is 1380. The molecule has 2 aliphatic heterocycles. The Morgan fingerprint density at radius 2 is 1.62 bits per heavy atom. The molecule has 0 fully saturated rings. The van der Waals surface area contributed by atoms with Crippen molar-refractivity contribution in [2.24, 2.45) is 0 Å². The zero-order valence-electron chi connectivity index (χ0n) is 18.4. The van der Waals surface area contributed by atoms with Crippen LogP contribution < -0.4 is 23.5 Å². The Balaban J connectivity index is 1.66. The number of fused-ring (bicyclic) bond motifs is 5. The standard InChI is InChI=1S/C27H24NO4/c1-16-4-6-17(7-5-16)19-12-26(29-2)27(30-3)22-14-28-9-8-18-10-24-25(32-15-31-24)13-20(18)23(28)11-21(19)22/h4-7,10-14H,8-9,15H2,1-3H3/q+1. The van der Waals surface area contributed by atoms with Gasteiger partial charge in [-0.1, -0.05) is 29.8 Å². The quantitative estimate of drug-likeness (QED) is 0.429. The molecule has 0 bridgehead atoms. The van der Waals surface area contributed by atoms with Crippen LogP contribution in [0, 0.1) is 6.92 Å². The first-order valence-corrected chi connectivity index (χ1v) is 10.8. The van der Waals surface area contributed by atoms with E-state index >= 15 is 0 Å². The van der Waals surface area contributed by atoms with Crippen molar-refractivity contribution in [3.05, 3.63) is 65.9 Å². The van der Waals surface area contributed by atoms with Gasteiger partial charge in [0, 0.05) is 17.9 Å². The minimum Gasteiger partial charge on any atom is -0.493 e. The molecule has 32 heavy (non-hydrogen) atoms. The van der Waals surface area contributed by atoms with Crippen molar-refractivity contribution in [1.82, 2.24) is 0 Å². The predicted molar refractivity (Wildman–Crippen MR) is 123 cm³/mol. The summed E-state index contributed by atoms with van der Waals surface area (Å²) >= 11 is 0. The third-order valence-corrected chi connectivity index (χ3v) is 6.48. The van der Waals surface area contributed by atoms with E-state index in [4.69, 9.17) is 18.9 Å². The van der Waals surface area contributed by atoms with Crippen molar-refractivity contribution >= 4 is 10.8 Å². The first-order chi connectivity index (χ1) is 15.7. The number of benzene rings is 3. The van der Waals surface area contributed by atoms with E-state index in [0.29, 0.717) is 0 Å². The van der Waals surface area contributed by atoms with Gasteiger partial charge in [-0.15, -0.1) is 0 Å². The first-order valence-electron chi connectivity index (χ1n) is 10.8. The van der Waals surface area contributed by atoms with Crippen molar-refractivity contribution < 1.29 is 23.5 Å². The van der Waals surface area contributed by atoms with Gasteiger partial charge in [-0.25, -0.2) is 0 Å². The Kier molecular flexibility index (Phi) is 4.25. The summed E-state index contributed by atoms with van der Waals surface area (Å²) in [4.78, 5) is 0. The summed E-state index contributed by atoms with van der Waals surface area (Å²) in [5, 5.41) is 2.17. The summed E-state index contributed by atoms with van der Waals surface area (Å²) in [6.45, 7) is 3.27. The molecule has 0 spiro atoms. The highest BCUT2D eigenvalue weighted by atomic mass is 16.7. The van der Waals surface area contributed by atoms with Gasteiger partial charge in [0.2, 0.25) is 12.5 Å². The number of aromatic nitrogens is 1. The summed E-state index contributed by atoms with van der Waals surface area (Å²) in [6.07, 6.45) is 3.13. The molecule has 3 heterocycles. The SMILES string of the molecule is COc1cc(-c2ccc(C)cc2)c2cc3[n+](cc2c1OC)CCc1cc2c(cc1-3)OCO2. The largest absolute Gasteiger partial charge is 0.493 e. The number of aryl methyl sites for hydroxylation is 3. The molecule has 0 saturated heterocycles. The molecule has 6 rings (SSSR count). The zero-order chi connectivity index (χ0) is 21.8. The van der Waals surface area contributed by atoms with E-state index in [0.717, 1.165) is 63.6 Å². The van der Waals surface area contributed by atoms with Crippen molar-refractivity contribution in [3.8, 4) is 45.4 Å². The Morgan fingerprint density at radius 3 is 2.38 bits per heavy atom. The van der Waals surface area contributed by atoms with Gasteiger partial charge in [0.05, 0.1) is 25.2 Å². The normalized spacial score (nSPS) is 13.6. The van der Waals surface area contributed by atoms with E-state index in [-0.39, 0.29) is 6.79 Å². The van der Waals surface area contributed by atoms with Crippen molar-refractivity contribution in [2.45, 2.75) is 19.9 Å². The number of pyridine rings is 1. The minimum absolute atomic E-state index is 0.282. The van der Waals surface area contributed by atoms with E-state index in [1.54, 1.807) is 14.2 Å². The molecule has 2 aliphatic rings. The second-order valence-corrected chi connectivity index (χ2v) is 8.32. The van der Waals surface area contributed by atoms with Gasteiger partial charge in [-0.3, -0.25) is 0 Å². The fourth-order valence-corrected chi connectivity index (χ4v) is 4.83. The number of ether oxygens (including phenoxy) is 4. The molecule has 0 saturated carbocycles. The lowest BCUT2D eigenvalue weighted by Crippen LogP contribution is -2.40. The van der Waals surface area contributed by atoms with Gasteiger partial charge in [0.25, 0.3) is 0 Å². The van der Waals surface area contributed by atoms with Crippen LogP contribution in [-0.4, -0.2) is 21.0 Å². The fourth-order valence-electron chi connectivity index (χ4n) is 4.83. The van der Waals surface area contributed by atoms with Gasteiger partial charge < -0.3 is 18.9 Å². The van der Waals surface area contributed by atoms with Gasteiger partial charge in [-0.2, -0.15) is 4.57 Å². The summed E-state index contributed by atoms with van der Waals surface area (Å²) in [7, 11) is 3.38. The minimum atomic E-state index is 0.282. The lowest BCUT2D eigenvalue weighted by molar-refractivity contribution is -0.686. The Hall–Kier alpha value is -3.73. The van der Waals surface area contributed by atoms with Crippen LogP contribution in [0.25, 0.3) is 33.2 Å². The van der Waals surface area contributed by atoms with E-state index in [1.807, 2.05) is 0 Å². The highest BCUT2D eigenvalue weighted by Crippen LogP contribution is 2.44. The molecule has 0 aliphatic carbocycles. The molecule has 0 radical (unpaired) electrons. The maximum atomic E-state index is 5.81. The molecule has 0 amide bonds. The van der Waals surface area contributed by atoms with Crippen LogP contribution >= 0.6 is 0 Å². The number of rotatable bonds is 3. The van der Waals surface area contributed by atoms with E-state index in [1.165, 1.54) is 16.7 Å². The smallest absolute Gasteiger partial charge is 0.231 e. The van der Waals surface area contributed by atoms with Crippen LogP contribution in [0.1, 0.15) is 11.1 Å². The molecule has 0 unspecified atom stereocenters. The van der Waals surface area contributed by atoms with Crippen LogP contribution in [0.3, 0.4) is 0 Å². The third-order valence-electron chi connectivity index (χ3n) is 6.48. The molecular weight excluding hydrogens is 402 g/mol. The molecule has 0 N–H and O–H groups in total. The average molecular weight is 426 g/mol. The van der Waals surface area contributed by atoms with E-state index in [2.05, 4.69) is 66.2 Å². The number of hydrogen-bond donors (Lipinski definition) is 0. The van der Waals surface area contributed by atoms with Gasteiger partial charge in [-0.05, 0) is 41.8 Å². The number of hydrogen-bond acceptors (Lipinski definition) is 4. The average Bonchev–Trinajstić information content (AvgIpc) is 3.28. The summed E-state index contributed by atoms with van der Waals surface area (Å²) in [5.41, 5.74) is 7.13. The lowest BCUT2D eigenvalue weighted by atomic mass is 9.92. The third kappa shape index (κ3) is 2.81. The fraction of sp³-hybridized carbons (Fsp3) is 0.222. The van der Waals surface area contributed by atoms with Crippen molar-refractivity contribution in [2.75, 3.05) is 21.0 Å². The topological polar surface area (TPSA) is 40.8 Å². The van der Waals surface area contributed by atoms with Crippen LogP contribution in [0.15, 0.2) is 54.7 Å². The molecule has 5 nitrogen and oxygen atoms in total. The molecule has 5 heteroatoms. The highest BCUT2D eigenvalue weighted by Gasteiger charge is 2.29. The molecule has 1 aromatic heterocycles. The molecule has 160 valence electrons. The molecule has 4 aromatic rings. The van der Waals surface area contributed by atoms with Crippen molar-refractivity contribution in [1.29, 1.82) is 0 Å². The second-order valence-electron chi connectivity index (χ2n) is 8.32. The Labute approximate surface area is 186 Å². The van der Waals surface area contributed by atoms with Crippen LogP contribution in [0.2, 0.25) is 0 Å². The van der Waals surface area contributed by atoms with Gasteiger partial charge >= 0.3 is 0 Å². The monoisotopic (exact) mass is 426 g/mol. The lowest BCUT2D eigenvalue weighted by Gasteiger charge is -2.19. The number of methoxy groups -OCH3 is 2. The van der Waals surface area contributed by atoms with Gasteiger partial charge in [0.15, 0.2) is 35.7 Å². The molecule has 0 atom stereocenters. The van der Waals surface area contributed by atoms with Crippen LogP contribution in [0.4, 0.5) is 0 Å². The number of nitrogens with zero attached hydrogens (tertiary/aromatic N) is 1. The zero-order valence-corrected chi connectivity index (χ0v) is 18.4. The van der Waals surface area contributed by atoms with E-state index in [9.17, 15) is 0 Å². The van der Waals surface area contributed by atoms with E-state index < -0.39 is 0 Å².